The number of carbonyl (C=O) groups is 1. The highest BCUT2D eigenvalue weighted by atomic mass is 32.2. The van der Waals surface area contributed by atoms with E-state index in [0.717, 1.165) is 23.2 Å². The average Bonchev–Trinajstić information content (AvgIpc) is 2.83. The number of primary amides is 1. The Morgan fingerprint density at radius 1 is 1.32 bits per heavy atom. The second-order valence-electron chi connectivity index (χ2n) is 5.84. The van der Waals surface area contributed by atoms with Gasteiger partial charge in [-0.3, -0.25) is 0 Å². The Balaban J connectivity index is 2.46. The molecule has 1 heterocycles. The van der Waals surface area contributed by atoms with E-state index in [1.54, 1.807) is 0 Å². The van der Waals surface area contributed by atoms with Crippen molar-refractivity contribution in [3.05, 3.63) is 41.4 Å². The first-order valence-electron chi connectivity index (χ1n) is 7.97. The summed E-state index contributed by atoms with van der Waals surface area (Å²) in [6.07, 6.45) is -0.0544. The van der Waals surface area contributed by atoms with Crippen molar-refractivity contribution in [3.8, 4) is 0 Å². The number of rotatable bonds is 7. The third-order valence-electron chi connectivity index (χ3n) is 3.41. The largest absolute Gasteiger partial charge is 0.442 e. The molecule has 0 aliphatic carbocycles. The minimum Gasteiger partial charge on any atom is -0.442 e. The molecule has 1 aromatic carbocycles. The van der Waals surface area contributed by atoms with Crippen LogP contribution < -0.4 is 5.73 Å². The lowest BCUT2D eigenvalue weighted by molar-refractivity contribution is 0.145. The number of hydrogen-bond donors (Lipinski definition) is 1. The lowest BCUT2D eigenvalue weighted by Crippen LogP contribution is -2.15. The van der Waals surface area contributed by atoms with E-state index in [1.807, 2.05) is 25.3 Å². The molecule has 0 atom stereocenters. The van der Waals surface area contributed by atoms with Gasteiger partial charge in [0, 0.05) is 17.5 Å². The van der Waals surface area contributed by atoms with Crippen molar-refractivity contribution in [2.75, 3.05) is 0 Å². The number of hydrogen-bond acceptors (Lipinski definition) is 4. The lowest BCUT2D eigenvalue weighted by atomic mass is 10.1. The Bertz CT molecular complexity index is 742. The second-order valence-corrected chi connectivity index (χ2v) is 6.90. The van der Waals surface area contributed by atoms with Crippen LogP contribution in [0.4, 0.5) is 13.6 Å². The molecular weight excluding hydrogens is 348 g/mol. The first kappa shape index (κ1) is 19.2. The van der Waals surface area contributed by atoms with Crippen LogP contribution in [-0.2, 0) is 17.9 Å². The fourth-order valence-electron chi connectivity index (χ4n) is 2.39. The molecule has 0 bridgehead atoms. The Kier molecular flexibility index (Phi) is 6.41. The van der Waals surface area contributed by atoms with Crippen molar-refractivity contribution in [2.24, 2.45) is 5.73 Å². The first-order chi connectivity index (χ1) is 11.8. The van der Waals surface area contributed by atoms with Gasteiger partial charge in [-0.25, -0.2) is 18.6 Å². The van der Waals surface area contributed by atoms with Crippen molar-refractivity contribution >= 4 is 17.9 Å². The summed E-state index contributed by atoms with van der Waals surface area (Å²) in [6, 6.07) is 3.39. The van der Waals surface area contributed by atoms with E-state index in [0.29, 0.717) is 17.3 Å². The molecular formula is C17H21F2N3O2S. The molecule has 136 valence electrons. The molecule has 0 aliphatic rings. The van der Waals surface area contributed by atoms with Crippen molar-refractivity contribution in [3.63, 3.8) is 0 Å². The normalized spacial score (nSPS) is 11.1. The number of benzene rings is 1. The summed E-state index contributed by atoms with van der Waals surface area (Å²) in [5.74, 6) is -0.616. The summed E-state index contributed by atoms with van der Waals surface area (Å²) in [4.78, 5) is 15.9. The predicted molar refractivity (Wildman–Crippen MR) is 91.5 cm³/mol. The van der Waals surface area contributed by atoms with Crippen LogP contribution in [-0.4, -0.2) is 15.6 Å². The number of aromatic nitrogens is 2. The van der Waals surface area contributed by atoms with E-state index in [9.17, 15) is 13.6 Å². The molecule has 2 aromatic rings. The van der Waals surface area contributed by atoms with Crippen molar-refractivity contribution < 1.29 is 18.3 Å². The number of nitrogens with two attached hydrogens (primary N) is 1. The van der Waals surface area contributed by atoms with E-state index in [-0.39, 0.29) is 12.5 Å². The average molecular weight is 369 g/mol. The maximum Gasteiger partial charge on any atom is 0.404 e. The number of nitrogens with zero attached hydrogens (tertiary/aromatic N) is 2. The number of halogens is 2. The zero-order valence-corrected chi connectivity index (χ0v) is 15.2. The van der Waals surface area contributed by atoms with Gasteiger partial charge in [-0.1, -0.05) is 32.5 Å². The van der Waals surface area contributed by atoms with Gasteiger partial charge >= 0.3 is 6.09 Å². The minimum absolute atomic E-state index is 0.0485. The van der Waals surface area contributed by atoms with Gasteiger partial charge in [0.1, 0.15) is 22.5 Å². The van der Waals surface area contributed by atoms with Gasteiger partial charge in [0.2, 0.25) is 0 Å². The van der Waals surface area contributed by atoms with Crippen molar-refractivity contribution in [1.29, 1.82) is 0 Å². The standard InChI is InChI=1S/C17H21F2N3O2S/c1-4-5-22-14(9-24-17(20)23)21-15(10(2)3)16(22)25-13-7-11(18)6-12(19)8-13/h6-8,10H,4-5,9H2,1-3H3,(H2,20,23). The molecule has 25 heavy (non-hydrogen) atoms. The van der Waals surface area contributed by atoms with Gasteiger partial charge < -0.3 is 15.0 Å². The molecule has 0 fully saturated rings. The fourth-order valence-corrected chi connectivity index (χ4v) is 3.64. The Morgan fingerprint density at radius 2 is 1.96 bits per heavy atom. The Labute approximate surface area is 149 Å². The van der Waals surface area contributed by atoms with Crippen LogP contribution in [0.1, 0.15) is 44.6 Å². The molecule has 0 saturated heterocycles. The third-order valence-corrected chi connectivity index (χ3v) is 4.51. The molecule has 5 nitrogen and oxygen atoms in total. The van der Waals surface area contributed by atoms with Gasteiger partial charge in [0.15, 0.2) is 6.61 Å². The minimum atomic E-state index is -0.876. The maximum atomic E-state index is 13.5. The summed E-state index contributed by atoms with van der Waals surface area (Å²) in [5, 5.41) is 0.782. The zero-order chi connectivity index (χ0) is 18.6. The van der Waals surface area contributed by atoms with Gasteiger partial charge in [0.25, 0.3) is 0 Å². The number of ether oxygens (including phenoxy) is 1. The van der Waals surface area contributed by atoms with Crippen molar-refractivity contribution in [2.45, 2.75) is 56.2 Å². The SMILES string of the molecule is CCCn1c(COC(N)=O)nc(C(C)C)c1Sc1cc(F)cc(F)c1. The van der Waals surface area contributed by atoms with Crippen LogP contribution in [0.15, 0.2) is 28.1 Å². The van der Waals surface area contributed by atoms with E-state index < -0.39 is 17.7 Å². The molecule has 0 radical (unpaired) electrons. The maximum absolute atomic E-state index is 13.5. The molecule has 1 aromatic heterocycles. The topological polar surface area (TPSA) is 70.1 Å². The molecule has 2 N–H and O–H groups in total. The van der Waals surface area contributed by atoms with Crippen LogP contribution in [0, 0.1) is 11.6 Å². The first-order valence-corrected chi connectivity index (χ1v) is 8.79. The van der Waals surface area contributed by atoms with Gasteiger partial charge in [-0.15, -0.1) is 0 Å². The van der Waals surface area contributed by atoms with Crippen LogP contribution in [0.3, 0.4) is 0 Å². The highest BCUT2D eigenvalue weighted by Crippen LogP contribution is 2.35. The van der Waals surface area contributed by atoms with Crippen LogP contribution in [0.25, 0.3) is 0 Å². The van der Waals surface area contributed by atoms with Crippen LogP contribution in [0.2, 0.25) is 0 Å². The molecule has 0 aliphatic heterocycles. The summed E-state index contributed by atoms with van der Waals surface area (Å²) in [6.45, 7) is 6.55. The highest BCUT2D eigenvalue weighted by Gasteiger charge is 2.21. The van der Waals surface area contributed by atoms with Gasteiger partial charge in [-0.05, 0) is 24.5 Å². The Hall–Kier alpha value is -2.09. The summed E-state index contributed by atoms with van der Waals surface area (Å²) < 4.78 is 33.8. The van der Waals surface area contributed by atoms with E-state index in [2.05, 4.69) is 4.98 Å². The number of amides is 1. The highest BCUT2D eigenvalue weighted by molar-refractivity contribution is 7.99. The van der Waals surface area contributed by atoms with E-state index in [1.165, 1.54) is 23.9 Å². The molecule has 2 rings (SSSR count). The molecule has 0 saturated carbocycles. The quantitative estimate of drug-likeness (QED) is 0.783. The van der Waals surface area contributed by atoms with Crippen LogP contribution >= 0.6 is 11.8 Å². The second kappa shape index (κ2) is 8.33. The summed E-state index contributed by atoms with van der Waals surface area (Å²) in [7, 11) is 0. The fraction of sp³-hybridized carbons (Fsp3) is 0.412. The van der Waals surface area contributed by atoms with E-state index >= 15 is 0 Å². The lowest BCUT2D eigenvalue weighted by Gasteiger charge is -2.12. The molecule has 0 spiro atoms. The summed E-state index contributed by atoms with van der Waals surface area (Å²) >= 11 is 1.24. The van der Waals surface area contributed by atoms with Crippen LogP contribution in [0.5, 0.6) is 0 Å². The zero-order valence-electron chi connectivity index (χ0n) is 14.4. The third kappa shape index (κ3) is 4.94. The smallest absolute Gasteiger partial charge is 0.404 e. The number of imidazole rings is 1. The van der Waals surface area contributed by atoms with Gasteiger partial charge in [-0.2, -0.15) is 0 Å². The molecule has 0 unspecified atom stereocenters. The van der Waals surface area contributed by atoms with Gasteiger partial charge in [0.05, 0.1) is 5.69 Å². The Morgan fingerprint density at radius 3 is 2.48 bits per heavy atom. The van der Waals surface area contributed by atoms with Crippen molar-refractivity contribution in [1.82, 2.24) is 9.55 Å². The molecule has 8 heteroatoms. The monoisotopic (exact) mass is 369 g/mol. The van der Waals surface area contributed by atoms with E-state index in [4.69, 9.17) is 10.5 Å². The predicted octanol–water partition coefficient (Wildman–Crippen LogP) is 4.44. The number of carbonyl (C=O) groups excluding carboxylic acids is 1. The summed E-state index contributed by atoms with van der Waals surface area (Å²) in [5.41, 5.74) is 5.82. The molecule has 1 amide bonds.